The van der Waals surface area contributed by atoms with Crippen LogP contribution >= 0.6 is 0 Å². The molecule has 104 valence electrons. The quantitative estimate of drug-likeness (QED) is 0.688. The van der Waals surface area contributed by atoms with Gasteiger partial charge in [0.05, 0.1) is 0 Å². The number of hydrogen-bond donors (Lipinski definition) is 1. The summed E-state index contributed by atoms with van der Waals surface area (Å²) in [5.74, 6) is 3.17. The first-order valence-electron chi connectivity index (χ1n) is 6.03. The molecule has 0 saturated heterocycles. The van der Waals surface area contributed by atoms with Gasteiger partial charge in [0.25, 0.3) is 0 Å². The lowest BCUT2D eigenvalue weighted by Gasteiger charge is -2.16. The van der Waals surface area contributed by atoms with Gasteiger partial charge in [-0.05, 0) is 24.3 Å². The first kappa shape index (κ1) is 14.2. The van der Waals surface area contributed by atoms with Gasteiger partial charge >= 0.3 is 6.03 Å². The van der Waals surface area contributed by atoms with Gasteiger partial charge in [0.2, 0.25) is 0 Å². The van der Waals surface area contributed by atoms with E-state index in [9.17, 15) is 9.59 Å². The normalized spacial score (nSPS) is 9.52. The smallest absolute Gasteiger partial charge is 0.296 e. The van der Waals surface area contributed by atoms with Gasteiger partial charge in [-0.3, -0.25) is 15.0 Å². The van der Waals surface area contributed by atoms with Gasteiger partial charge in [-0.2, -0.15) is 0 Å². The van der Waals surface area contributed by atoms with Gasteiger partial charge in [-0.25, -0.2) is 14.8 Å². The van der Waals surface area contributed by atoms with Crippen molar-refractivity contribution in [1.29, 1.82) is 0 Å². The Hall–Kier alpha value is -3.20. The van der Waals surface area contributed by atoms with Gasteiger partial charge < -0.3 is 0 Å². The predicted octanol–water partition coefficient (Wildman–Crippen LogP) is 1.94. The van der Waals surface area contributed by atoms with Crippen molar-refractivity contribution in [2.24, 2.45) is 0 Å². The molecule has 21 heavy (non-hydrogen) atoms. The predicted molar refractivity (Wildman–Crippen MR) is 79.2 cm³/mol. The Morgan fingerprint density at radius 2 is 2.19 bits per heavy atom. The van der Waals surface area contributed by atoms with Crippen molar-refractivity contribution in [3.05, 3.63) is 47.8 Å². The van der Waals surface area contributed by atoms with Crippen molar-refractivity contribution in [2.45, 2.75) is 0 Å². The van der Waals surface area contributed by atoms with Crippen molar-refractivity contribution < 1.29 is 9.59 Å². The number of carbonyl (C=O) groups is 2. The highest BCUT2D eigenvalue weighted by Gasteiger charge is 2.13. The molecule has 2 heterocycles. The van der Waals surface area contributed by atoms with Gasteiger partial charge in [0.1, 0.15) is 17.3 Å². The van der Waals surface area contributed by atoms with Gasteiger partial charge in [0.15, 0.2) is 6.29 Å². The minimum absolute atomic E-state index is 0.253. The molecule has 2 aromatic rings. The van der Waals surface area contributed by atoms with Crippen molar-refractivity contribution in [3.8, 4) is 12.3 Å². The molecule has 0 fully saturated rings. The highest BCUT2D eigenvalue weighted by Crippen LogP contribution is 2.11. The average molecular weight is 280 g/mol. The van der Waals surface area contributed by atoms with Crippen LogP contribution in [0.2, 0.25) is 0 Å². The Labute approximate surface area is 121 Å². The molecule has 2 aromatic heterocycles. The first-order valence-corrected chi connectivity index (χ1v) is 6.03. The molecule has 0 aliphatic heterocycles. The van der Waals surface area contributed by atoms with Crippen LogP contribution in [0.5, 0.6) is 0 Å². The number of anilines is 2. The van der Waals surface area contributed by atoms with E-state index in [1.807, 2.05) is 0 Å². The van der Waals surface area contributed by atoms with E-state index in [0.29, 0.717) is 23.5 Å². The van der Waals surface area contributed by atoms with E-state index in [1.54, 1.807) is 37.4 Å². The molecule has 0 spiro atoms. The number of amides is 2. The van der Waals surface area contributed by atoms with E-state index >= 15 is 0 Å². The summed E-state index contributed by atoms with van der Waals surface area (Å²) < 4.78 is 0. The SMILES string of the molecule is C#Cc1ccc(NC(=O)N(C)c2cccc(C=O)n2)nc1. The average Bonchev–Trinajstić information content (AvgIpc) is 2.54. The molecule has 0 atom stereocenters. The van der Waals surface area contributed by atoms with Crippen LogP contribution in [-0.4, -0.2) is 29.3 Å². The summed E-state index contributed by atoms with van der Waals surface area (Å²) in [4.78, 5) is 32.1. The molecule has 2 amide bonds. The lowest BCUT2D eigenvalue weighted by molar-refractivity contribution is 0.111. The van der Waals surface area contributed by atoms with Gasteiger partial charge in [-0.15, -0.1) is 6.42 Å². The minimum atomic E-state index is -0.425. The third-order valence-corrected chi connectivity index (χ3v) is 2.69. The van der Waals surface area contributed by atoms with E-state index in [4.69, 9.17) is 6.42 Å². The fourth-order valence-electron chi connectivity index (χ4n) is 1.54. The number of nitrogens with one attached hydrogen (secondary N) is 1. The van der Waals surface area contributed by atoms with Crippen LogP contribution in [0.3, 0.4) is 0 Å². The Bertz CT molecular complexity index is 704. The number of carbonyl (C=O) groups excluding carboxylic acids is 2. The number of pyridine rings is 2. The number of hydrogen-bond acceptors (Lipinski definition) is 4. The summed E-state index contributed by atoms with van der Waals surface area (Å²) in [6.45, 7) is 0. The van der Waals surface area contributed by atoms with Crippen LogP contribution in [0.4, 0.5) is 16.4 Å². The molecule has 0 unspecified atom stereocenters. The first-order chi connectivity index (χ1) is 10.1. The van der Waals surface area contributed by atoms with E-state index in [0.717, 1.165) is 0 Å². The van der Waals surface area contributed by atoms with Crippen LogP contribution < -0.4 is 10.2 Å². The molecule has 0 aliphatic carbocycles. The summed E-state index contributed by atoms with van der Waals surface area (Å²) in [6.07, 6.45) is 7.34. The van der Waals surface area contributed by atoms with Crippen LogP contribution in [0.1, 0.15) is 16.1 Å². The zero-order valence-corrected chi connectivity index (χ0v) is 11.3. The monoisotopic (exact) mass is 280 g/mol. The number of aromatic nitrogens is 2. The molecule has 0 aliphatic rings. The maximum Gasteiger partial charge on any atom is 0.328 e. The van der Waals surface area contributed by atoms with Gasteiger partial charge in [-0.1, -0.05) is 12.0 Å². The largest absolute Gasteiger partial charge is 0.328 e. The maximum atomic E-state index is 12.1. The Balaban J connectivity index is 2.11. The summed E-state index contributed by atoms with van der Waals surface area (Å²) in [5.41, 5.74) is 0.880. The van der Waals surface area contributed by atoms with Gasteiger partial charge in [0, 0.05) is 18.8 Å². The van der Waals surface area contributed by atoms with E-state index in [2.05, 4.69) is 21.2 Å². The molecule has 6 nitrogen and oxygen atoms in total. The molecule has 0 bridgehead atoms. The second-order valence-corrected chi connectivity index (χ2v) is 4.10. The molecule has 0 radical (unpaired) electrons. The zero-order valence-electron chi connectivity index (χ0n) is 11.3. The lowest BCUT2D eigenvalue weighted by Crippen LogP contribution is -2.32. The Morgan fingerprint density at radius 1 is 1.38 bits per heavy atom. The molecule has 6 heteroatoms. The number of urea groups is 1. The van der Waals surface area contributed by atoms with Crippen LogP contribution in [0.15, 0.2) is 36.5 Å². The van der Waals surface area contributed by atoms with E-state index in [-0.39, 0.29) is 5.69 Å². The number of nitrogens with zero attached hydrogens (tertiary/aromatic N) is 3. The summed E-state index contributed by atoms with van der Waals surface area (Å²) in [7, 11) is 1.54. The van der Waals surface area contributed by atoms with Crippen molar-refractivity contribution >= 4 is 24.0 Å². The second kappa shape index (κ2) is 6.30. The van der Waals surface area contributed by atoms with Crippen LogP contribution in [0.25, 0.3) is 0 Å². The van der Waals surface area contributed by atoms with Crippen molar-refractivity contribution in [2.75, 3.05) is 17.3 Å². The Kier molecular flexibility index (Phi) is 4.26. The highest BCUT2D eigenvalue weighted by molar-refractivity contribution is 6.00. The third-order valence-electron chi connectivity index (χ3n) is 2.69. The number of terminal acetylenes is 1. The molecule has 0 saturated carbocycles. The van der Waals surface area contributed by atoms with E-state index in [1.165, 1.54) is 11.1 Å². The van der Waals surface area contributed by atoms with Crippen molar-refractivity contribution in [3.63, 3.8) is 0 Å². The molecule has 1 N–H and O–H groups in total. The maximum absolute atomic E-state index is 12.1. The standard InChI is InChI=1S/C15H12N4O2/c1-3-11-7-8-13(16-9-11)18-15(21)19(2)14-6-4-5-12(10-20)17-14/h1,4-10H,2H3,(H,16,18,21). The number of aldehydes is 1. The summed E-state index contributed by atoms with van der Waals surface area (Å²) in [6, 6.07) is 7.69. The Morgan fingerprint density at radius 3 is 2.81 bits per heavy atom. The highest BCUT2D eigenvalue weighted by atomic mass is 16.2. The van der Waals surface area contributed by atoms with E-state index < -0.39 is 6.03 Å². The molecule has 2 rings (SSSR count). The van der Waals surface area contributed by atoms with Crippen molar-refractivity contribution in [1.82, 2.24) is 9.97 Å². The number of rotatable bonds is 3. The lowest BCUT2D eigenvalue weighted by atomic mass is 10.3. The summed E-state index contributed by atoms with van der Waals surface area (Å²) in [5, 5.41) is 2.61. The third kappa shape index (κ3) is 3.42. The van der Waals surface area contributed by atoms with Crippen LogP contribution in [-0.2, 0) is 0 Å². The topological polar surface area (TPSA) is 75.2 Å². The molecular formula is C15H12N4O2. The van der Waals surface area contributed by atoms with Crippen LogP contribution in [0, 0.1) is 12.3 Å². The second-order valence-electron chi connectivity index (χ2n) is 4.10. The minimum Gasteiger partial charge on any atom is -0.296 e. The fraction of sp³-hybridized carbons (Fsp3) is 0.0667. The molecular weight excluding hydrogens is 268 g/mol. The molecule has 0 aromatic carbocycles. The fourth-order valence-corrected chi connectivity index (χ4v) is 1.54. The summed E-state index contributed by atoms with van der Waals surface area (Å²) >= 11 is 0. The zero-order chi connectivity index (χ0) is 15.2.